The van der Waals surface area contributed by atoms with Gasteiger partial charge in [0.15, 0.2) is 21.3 Å². The lowest BCUT2D eigenvalue weighted by atomic mass is 10.0. The van der Waals surface area contributed by atoms with Crippen molar-refractivity contribution in [2.45, 2.75) is 18.2 Å². The Bertz CT molecular complexity index is 513. The van der Waals surface area contributed by atoms with E-state index < -0.39 is 21.1 Å². The van der Waals surface area contributed by atoms with Crippen LogP contribution in [0, 0.1) is 0 Å². The third-order valence-corrected chi connectivity index (χ3v) is 4.62. The van der Waals surface area contributed by atoms with Crippen molar-refractivity contribution in [3.8, 4) is 11.5 Å². The molecule has 0 amide bonds. The maximum Gasteiger partial charge on any atom is 0.161 e. The highest BCUT2D eigenvalue weighted by Crippen LogP contribution is 2.31. The van der Waals surface area contributed by atoms with Crippen LogP contribution in [-0.4, -0.2) is 34.1 Å². The predicted octanol–water partition coefficient (Wildman–Crippen LogP) is 1.14. The van der Waals surface area contributed by atoms with Gasteiger partial charge in [-0.2, -0.15) is 0 Å². The molecule has 5 nitrogen and oxygen atoms in total. The minimum absolute atomic E-state index is 0.533. The molecule has 0 heterocycles. The maximum absolute atomic E-state index is 11.5. The van der Waals surface area contributed by atoms with E-state index in [-0.39, 0.29) is 0 Å². The van der Waals surface area contributed by atoms with Crippen LogP contribution in [0.15, 0.2) is 18.2 Å². The second kappa shape index (κ2) is 5.58. The van der Waals surface area contributed by atoms with Crippen molar-refractivity contribution in [1.82, 2.24) is 0 Å². The van der Waals surface area contributed by atoms with Gasteiger partial charge in [0.05, 0.1) is 19.5 Å². The van der Waals surface area contributed by atoms with Gasteiger partial charge >= 0.3 is 0 Å². The number of sulfone groups is 1. The van der Waals surface area contributed by atoms with E-state index >= 15 is 0 Å². The molecule has 18 heavy (non-hydrogen) atoms. The van der Waals surface area contributed by atoms with Crippen molar-refractivity contribution in [3.63, 3.8) is 0 Å². The van der Waals surface area contributed by atoms with Gasteiger partial charge in [0.2, 0.25) is 0 Å². The second-order valence-corrected chi connectivity index (χ2v) is 6.58. The van der Waals surface area contributed by atoms with Crippen LogP contribution in [0.3, 0.4) is 0 Å². The van der Waals surface area contributed by atoms with E-state index in [1.807, 2.05) is 0 Å². The van der Waals surface area contributed by atoms with E-state index in [1.165, 1.54) is 20.5 Å². The SMILES string of the molecule is COc1ccc(C(N)C(C)S(C)(=O)=O)cc1OC. The highest BCUT2D eigenvalue weighted by molar-refractivity contribution is 7.91. The van der Waals surface area contributed by atoms with Crippen LogP contribution in [-0.2, 0) is 9.84 Å². The number of ether oxygens (including phenoxy) is 2. The Morgan fingerprint density at radius 1 is 1.17 bits per heavy atom. The Labute approximate surface area is 108 Å². The Morgan fingerprint density at radius 3 is 2.17 bits per heavy atom. The zero-order valence-corrected chi connectivity index (χ0v) is 11.8. The normalized spacial score (nSPS) is 14.9. The van der Waals surface area contributed by atoms with Gasteiger partial charge in [-0.1, -0.05) is 6.07 Å². The molecule has 0 fully saturated rings. The summed E-state index contributed by atoms with van der Waals surface area (Å²) in [4.78, 5) is 0. The van der Waals surface area contributed by atoms with E-state index in [4.69, 9.17) is 15.2 Å². The number of hydrogen-bond donors (Lipinski definition) is 1. The monoisotopic (exact) mass is 273 g/mol. The summed E-state index contributed by atoms with van der Waals surface area (Å²) in [6.45, 7) is 1.59. The summed E-state index contributed by atoms with van der Waals surface area (Å²) < 4.78 is 33.3. The Balaban J connectivity index is 3.11. The van der Waals surface area contributed by atoms with Crippen molar-refractivity contribution < 1.29 is 17.9 Å². The van der Waals surface area contributed by atoms with Crippen molar-refractivity contribution in [1.29, 1.82) is 0 Å². The first-order chi connectivity index (χ1) is 8.31. The largest absolute Gasteiger partial charge is 0.493 e. The fraction of sp³-hybridized carbons (Fsp3) is 0.500. The third-order valence-electron chi connectivity index (χ3n) is 2.97. The van der Waals surface area contributed by atoms with Gasteiger partial charge in [-0.25, -0.2) is 8.42 Å². The van der Waals surface area contributed by atoms with Crippen molar-refractivity contribution >= 4 is 9.84 Å². The Hall–Kier alpha value is -1.27. The van der Waals surface area contributed by atoms with E-state index in [0.29, 0.717) is 17.1 Å². The number of nitrogens with two attached hydrogens (primary N) is 1. The molecule has 0 spiro atoms. The Kier molecular flexibility index (Phi) is 4.59. The van der Waals surface area contributed by atoms with Crippen LogP contribution in [0.2, 0.25) is 0 Å². The predicted molar refractivity (Wildman–Crippen MR) is 70.8 cm³/mol. The summed E-state index contributed by atoms with van der Waals surface area (Å²) >= 11 is 0. The number of methoxy groups -OCH3 is 2. The van der Waals surface area contributed by atoms with Gasteiger partial charge < -0.3 is 15.2 Å². The minimum atomic E-state index is -3.18. The Morgan fingerprint density at radius 2 is 1.72 bits per heavy atom. The van der Waals surface area contributed by atoms with Crippen LogP contribution < -0.4 is 15.2 Å². The van der Waals surface area contributed by atoms with Gasteiger partial charge in [-0.3, -0.25) is 0 Å². The lowest BCUT2D eigenvalue weighted by Crippen LogP contribution is -2.30. The van der Waals surface area contributed by atoms with Gasteiger partial charge in [-0.15, -0.1) is 0 Å². The van der Waals surface area contributed by atoms with Crippen molar-refractivity contribution in [2.24, 2.45) is 5.73 Å². The fourth-order valence-electron chi connectivity index (χ4n) is 1.60. The van der Waals surface area contributed by atoms with E-state index in [2.05, 4.69) is 0 Å². The second-order valence-electron chi connectivity index (χ2n) is 4.17. The molecule has 0 radical (unpaired) electrons. The van der Waals surface area contributed by atoms with Gasteiger partial charge in [0, 0.05) is 12.3 Å². The average Bonchev–Trinajstić information content (AvgIpc) is 2.34. The summed E-state index contributed by atoms with van der Waals surface area (Å²) in [7, 11) is -0.123. The molecule has 6 heteroatoms. The summed E-state index contributed by atoms with van der Waals surface area (Å²) in [6, 6.07) is 4.56. The molecule has 1 aromatic rings. The molecule has 2 unspecified atom stereocenters. The zero-order valence-electron chi connectivity index (χ0n) is 11.0. The molecule has 1 aromatic carbocycles. The van der Waals surface area contributed by atoms with Gasteiger partial charge in [0.1, 0.15) is 0 Å². The quantitative estimate of drug-likeness (QED) is 0.870. The fourth-order valence-corrected chi connectivity index (χ4v) is 2.29. The first kappa shape index (κ1) is 14.8. The first-order valence-corrected chi connectivity index (χ1v) is 7.43. The highest BCUT2D eigenvalue weighted by Gasteiger charge is 2.24. The summed E-state index contributed by atoms with van der Waals surface area (Å²) in [5.41, 5.74) is 6.66. The standard InChI is InChI=1S/C12H19NO4S/c1-8(18(4,14)15)12(13)9-5-6-10(16-2)11(7-9)17-3/h5-8,12H,13H2,1-4H3. The van der Waals surface area contributed by atoms with E-state index in [1.54, 1.807) is 25.1 Å². The summed E-state index contributed by atoms with van der Waals surface area (Å²) in [5, 5.41) is -0.657. The van der Waals surface area contributed by atoms with Crippen LogP contribution in [0.25, 0.3) is 0 Å². The summed E-state index contributed by atoms with van der Waals surface area (Å²) in [6.07, 6.45) is 1.18. The number of benzene rings is 1. The lowest BCUT2D eigenvalue weighted by molar-refractivity contribution is 0.354. The molecule has 2 atom stereocenters. The molecule has 0 aliphatic heterocycles. The topological polar surface area (TPSA) is 78.6 Å². The minimum Gasteiger partial charge on any atom is -0.493 e. The molecule has 0 aromatic heterocycles. The average molecular weight is 273 g/mol. The van der Waals surface area contributed by atoms with E-state index in [9.17, 15) is 8.42 Å². The van der Waals surface area contributed by atoms with Crippen LogP contribution in [0.1, 0.15) is 18.5 Å². The van der Waals surface area contributed by atoms with Crippen LogP contribution in [0.5, 0.6) is 11.5 Å². The lowest BCUT2D eigenvalue weighted by Gasteiger charge is -2.19. The zero-order chi connectivity index (χ0) is 13.9. The third kappa shape index (κ3) is 3.14. The molecule has 102 valence electrons. The number of rotatable bonds is 5. The molecule has 0 aliphatic carbocycles. The first-order valence-electron chi connectivity index (χ1n) is 5.47. The molecular formula is C12H19NO4S. The van der Waals surface area contributed by atoms with Gasteiger partial charge in [0.25, 0.3) is 0 Å². The maximum atomic E-state index is 11.5. The van der Waals surface area contributed by atoms with Crippen LogP contribution in [0.4, 0.5) is 0 Å². The molecular weight excluding hydrogens is 254 g/mol. The molecule has 0 saturated heterocycles. The van der Waals surface area contributed by atoms with Crippen molar-refractivity contribution in [3.05, 3.63) is 23.8 Å². The van der Waals surface area contributed by atoms with Gasteiger partial charge in [-0.05, 0) is 24.6 Å². The molecule has 0 bridgehead atoms. The molecule has 0 saturated carbocycles. The molecule has 1 rings (SSSR count). The van der Waals surface area contributed by atoms with Crippen molar-refractivity contribution in [2.75, 3.05) is 20.5 Å². The number of hydrogen-bond acceptors (Lipinski definition) is 5. The summed E-state index contributed by atoms with van der Waals surface area (Å²) in [5.74, 6) is 1.12. The highest BCUT2D eigenvalue weighted by atomic mass is 32.2. The van der Waals surface area contributed by atoms with E-state index in [0.717, 1.165) is 0 Å². The smallest absolute Gasteiger partial charge is 0.161 e. The molecule has 0 aliphatic rings. The van der Waals surface area contributed by atoms with Crippen LogP contribution >= 0.6 is 0 Å². The molecule has 2 N–H and O–H groups in total.